The van der Waals surface area contributed by atoms with Crippen LogP contribution in [0.3, 0.4) is 0 Å². The molecular formula is C20H18N2O3S2. The van der Waals surface area contributed by atoms with Gasteiger partial charge in [-0.3, -0.25) is 9.10 Å². The van der Waals surface area contributed by atoms with Gasteiger partial charge in [-0.1, -0.05) is 36.4 Å². The van der Waals surface area contributed by atoms with E-state index in [1.807, 2.05) is 49.4 Å². The summed E-state index contributed by atoms with van der Waals surface area (Å²) in [5, 5.41) is 4.31. The molecule has 1 N–H and O–H groups in total. The van der Waals surface area contributed by atoms with Crippen LogP contribution in [0.25, 0.3) is 0 Å². The molecule has 1 atom stereocenters. The molecule has 0 saturated heterocycles. The summed E-state index contributed by atoms with van der Waals surface area (Å²) in [7, 11) is -3.72. The average Bonchev–Trinajstić information content (AvgIpc) is 3.27. The zero-order valence-electron chi connectivity index (χ0n) is 14.6. The lowest BCUT2D eigenvalue weighted by atomic mass is 10.1. The normalized spacial score (nSPS) is 16.2. The third-order valence-corrected chi connectivity index (χ3v) is 7.52. The first-order chi connectivity index (χ1) is 13.0. The Kier molecular flexibility index (Phi) is 4.49. The van der Waals surface area contributed by atoms with Gasteiger partial charge in [-0.05, 0) is 43.2 Å². The van der Waals surface area contributed by atoms with Gasteiger partial charge in [0.1, 0.15) is 0 Å². The zero-order chi connectivity index (χ0) is 19.0. The molecule has 1 aliphatic rings. The molecule has 0 bridgehead atoms. The summed E-state index contributed by atoms with van der Waals surface area (Å²) < 4.78 is 27.9. The lowest BCUT2D eigenvalue weighted by Gasteiger charge is -2.23. The van der Waals surface area contributed by atoms with Crippen LogP contribution >= 0.6 is 11.3 Å². The summed E-state index contributed by atoms with van der Waals surface area (Å²) in [6.07, 6.45) is 0.681. The van der Waals surface area contributed by atoms with E-state index < -0.39 is 10.0 Å². The maximum absolute atomic E-state index is 13.2. The molecule has 7 heteroatoms. The Bertz CT molecular complexity index is 1090. The molecule has 0 unspecified atom stereocenters. The first-order valence-corrected chi connectivity index (χ1v) is 10.9. The predicted octanol–water partition coefficient (Wildman–Crippen LogP) is 4.14. The van der Waals surface area contributed by atoms with Gasteiger partial charge in [0.2, 0.25) is 0 Å². The van der Waals surface area contributed by atoms with Gasteiger partial charge < -0.3 is 5.32 Å². The van der Waals surface area contributed by atoms with Crippen LogP contribution in [0, 0.1) is 0 Å². The van der Waals surface area contributed by atoms with E-state index in [0.29, 0.717) is 22.7 Å². The van der Waals surface area contributed by atoms with Crippen LogP contribution in [-0.4, -0.2) is 20.4 Å². The molecule has 1 amide bonds. The maximum atomic E-state index is 13.2. The van der Waals surface area contributed by atoms with Crippen molar-refractivity contribution in [2.45, 2.75) is 24.3 Å². The minimum atomic E-state index is -3.72. The van der Waals surface area contributed by atoms with E-state index in [0.717, 1.165) is 16.9 Å². The second-order valence-electron chi connectivity index (χ2n) is 6.45. The third-order valence-electron chi connectivity index (χ3n) is 4.53. The fraction of sp³-hybridized carbons (Fsp3) is 0.150. The highest BCUT2D eigenvalue weighted by atomic mass is 32.2. The van der Waals surface area contributed by atoms with E-state index in [4.69, 9.17) is 0 Å². The van der Waals surface area contributed by atoms with E-state index in [2.05, 4.69) is 5.32 Å². The zero-order valence-corrected chi connectivity index (χ0v) is 16.3. The van der Waals surface area contributed by atoms with E-state index in [9.17, 15) is 13.2 Å². The second-order valence-corrected chi connectivity index (χ2v) is 9.18. The number of thiophene rings is 1. The molecule has 0 aliphatic carbocycles. The van der Waals surface area contributed by atoms with E-state index in [1.54, 1.807) is 12.1 Å². The Labute approximate surface area is 162 Å². The number of carbonyl (C=O) groups is 1. The van der Waals surface area contributed by atoms with Crippen LogP contribution in [0.5, 0.6) is 0 Å². The number of nitrogens with zero attached hydrogens (tertiary/aromatic N) is 1. The number of carbonyl (C=O) groups excluding carboxylic acids is 1. The van der Waals surface area contributed by atoms with Crippen molar-refractivity contribution in [3.8, 4) is 0 Å². The molecule has 138 valence electrons. The Hall–Kier alpha value is -2.64. The quantitative estimate of drug-likeness (QED) is 0.718. The van der Waals surface area contributed by atoms with Crippen LogP contribution in [0.1, 0.15) is 22.2 Å². The van der Waals surface area contributed by atoms with E-state index >= 15 is 0 Å². The predicted molar refractivity (Wildman–Crippen MR) is 108 cm³/mol. The van der Waals surface area contributed by atoms with Crippen LogP contribution in [0.15, 0.2) is 70.9 Å². The van der Waals surface area contributed by atoms with Gasteiger partial charge in [0.25, 0.3) is 15.9 Å². The molecule has 1 aromatic heterocycles. The second kappa shape index (κ2) is 6.83. The number of benzene rings is 2. The van der Waals surface area contributed by atoms with Gasteiger partial charge >= 0.3 is 0 Å². The minimum Gasteiger partial charge on any atom is -0.321 e. The van der Waals surface area contributed by atoms with Gasteiger partial charge in [-0.25, -0.2) is 8.42 Å². The van der Waals surface area contributed by atoms with Gasteiger partial charge in [-0.2, -0.15) is 0 Å². The molecular weight excluding hydrogens is 380 g/mol. The van der Waals surface area contributed by atoms with E-state index in [-0.39, 0.29) is 16.8 Å². The van der Waals surface area contributed by atoms with Crippen molar-refractivity contribution in [2.24, 2.45) is 0 Å². The maximum Gasteiger partial charge on any atom is 0.265 e. The summed E-state index contributed by atoms with van der Waals surface area (Å²) in [5.41, 5.74) is 2.40. The van der Waals surface area contributed by atoms with Crippen molar-refractivity contribution < 1.29 is 13.2 Å². The lowest BCUT2D eigenvalue weighted by Crippen LogP contribution is -2.35. The van der Waals surface area contributed by atoms with Crippen LogP contribution < -0.4 is 9.62 Å². The number of amides is 1. The SMILES string of the molecule is C[C@@H]1Cc2ccccc2N1S(=O)(=O)c1csc(C(=O)Nc2ccccc2)c1. The fourth-order valence-electron chi connectivity index (χ4n) is 3.30. The number of sulfonamides is 1. The van der Waals surface area contributed by atoms with Gasteiger partial charge in [0, 0.05) is 17.1 Å². The lowest BCUT2D eigenvalue weighted by molar-refractivity contribution is 0.103. The number of nitrogens with one attached hydrogen (secondary N) is 1. The van der Waals surface area contributed by atoms with Gasteiger partial charge in [0.05, 0.1) is 15.5 Å². The van der Waals surface area contributed by atoms with Crippen LogP contribution in [0.4, 0.5) is 11.4 Å². The summed E-state index contributed by atoms with van der Waals surface area (Å²) in [5.74, 6) is -0.317. The molecule has 1 aliphatic heterocycles. The summed E-state index contributed by atoms with van der Waals surface area (Å²) in [4.78, 5) is 12.9. The highest BCUT2D eigenvalue weighted by molar-refractivity contribution is 7.93. The van der Waals surface area contributed by atoms with Crippen molar-refractivity contribution in [2.75, 3.05) is 9.62 Å². The smallest absolute Gasteiger partial charge is 0.265 e. The molecule has 27 heavy (non-hydrogen) atoms. The Morgan fingerprint density at radius 2 is 1.81 bits per heavy atom. The number of rotatable bonds is 4. The van der Waals surface area contributed by atoms with Crippen molar-refractivity contribution in [1.82, 2.24) is 0 Å². The van der Waals surface area contributed by atoms with Gasteiger partial charge in [0.15, 0.2) is 0 Å². The average molecular weight is 399 g/mol. The van der Waals surface area contributed by atoms with E-state index in [1.165, 1.54) is 15.8 Å². The standard InChI is InChI=1S/C20H18N2O3S2/c1-14-11-15-7-5-6-10-18(15)22(14)27(24,25)17-12-19(26-13-17)20(23)21-16-8-3-2-4-9-16/h2-10,12-14H,11H2,1H3,(H,21,23)/t14-/m1/s1. The number of anilines is 2. The third kappa shape index (κ3) is 3.24. The fourth-order valence-corrected chi connectivity index (χ4v) is 6.15. The summed E-state index contributed by atoms with van der Waals surface area (Å²) in [6, 6.07) is 17.9. The number of fused-ring (bicyclic) bond motifs is 1. The molecule has 2 heterocycles. The van der Waals surface area contributed by atoms with Crippen LogP contribution in [-0.2, 0) is 16.4 Å². The van der Waals surface area contributed by atoms with Crippen molar-refractivity contribution >= 4 is 38.6 Å². The largest absolute Gasteiger partial charge is 0.321 e. The van der Waals surface area contributed by atoms with Crippen molar-refractivity contribution in [3.05, 3.63) is 76.5 Å². The van der Waals surface area contributed by atoms with Crippen molar-refractivity contribution in [1.29, 1.82) is 0 Å². The first-order valence-electron chi connectivity index (χ1n) is 8.54. The van der Waals surface area contributed by atoms with Crippen LogP contribution in [0.2, 0.25) is 0 Å². The molecule has 0 saturated carbocycles. The Morgan fingerprint density at radius 1 is 1.11 bits per heavy atom. The number of para-hydroxylation sites is 2. The molecule has 4 rings (SSSR count). The summed E-state index contributed by atoms with van der Waals surface area (Å²) in [6.45, 7) is 1.90. The topological polar surface area (TPSA) is 66.5 Å². The Balaban J connectivity index is 1.62. The highest BCUT2D eigenvalue weighted by Gasteiger charge is 2.36. The number of hydrogen-bond acceptors (Lipinski definition) is 4. The molecule has 0 spiro atoms. The molecule has 0 fully saturated rings. The summed E-state index contributed by atoms with van der Waals surface area (Å²) >= 11 is 1.13. The number of hydrogen-bond donors (Lipinski definition) is 1. The van der Waals surface area contributed by atoms with Crippen molar-refractivity contribution in [3.63, 3.8) is 0 Å². The monoisotopic (exact) mass is 398 g/mol. The Morgan fingerprint density at radius 3 is 2.59 bits per heavy atom. The molecule has 2 aromatic carbocycles. The first kappa shape index (κ1) is 17.8. The molecule has 5 nitrogen and oxygen atoms in total. The highest BCUT2D eigenvalue weighted by Crippen LogP contribution is 2.37. The molecule has 0 radical (unpaired) electrons. The van der Waals surface area contributed by atoms with Gasteiger partial charge in [-0.15, -0.1) is 11.3 Å². The molecule has 3 aromatic rings. The minimum absolute atomic E-state index is 0.147.